The van der Waals surface area contributed by atoms with Crippen LogP contribution in [0.5, 0.6) is 5.75 Å². The molecular formula is C32H41ClN4O4S. The second-order valence-electron chi connectivity index (χ2n) is 11.1. The molecule has 0 saturated heterocycles. The van der Waals surface area contributed by atoms with Gasteiger partial charge >= 0.3 is 0 Å². The number of ether oxygens (including phenoxy) is 1. The van der Waals surface area contributed by atoms with Gasteiger partial charge in [0, 0.05) is 43.8 Å². The van der Waals surface area contributed by atoms with Gasteiger partial charge in [-0.25, -0.2) is 8.42 Å². The number of halogens is 1. The first kappa shape index (κ1) is 31.8. The summed E-state index contributed by atoms with van der Waals surface area (Å²) in [6, 6.07) is 22.3. The molecule has 0 radical (unpaired) electrons. The van der Waals surface area contributed by atoms with Gasteiger partial charge in [-0.1, -0.05) is 60.1 Å². The molecule has 42 heavy (non-hydrogen) atoms. The lowest BCUT2D eigenvalue weighted by atomic mass is 10.0. The van der Waals surface area contributed by atoms with Crippen LogP contribution in [0.15, 0.2) is 72.8 Å². The fraction of sp³-hybridized carbons (Fsp3) is 0.406. The highest BCUT2D eigenvalue weighted by Crippen LogP contribution is 2.29. The van der Waals surface area contributed by atoms with Crippen LogP contribution in [0.4, 0.5) is 5.69 Å². The number of benzene rings is 3. The highest BCUT2D eigenvalue weighted by Gasteiger charge is 2.27. The summed E-state index contributed by atoms with van der Waals surface area (Å²) in [5.41, 5.74) is 9.74. The molecule has 0 bridgehead atoms. The summed E-state index contributed by atoms with van der Waals surface area (Å²) >= 11 is 6.32. The van der Waals surface area contributed by atoms with Gasteiger partial charge in [0.15, 0.2) is 0 Å². The Morgan fingerprint density at radius 3 is 2.33 bits per heavy atom. The fourth-order valence-corrected chi connectivity index (χ4v) is 6.33. The zero-order chi connectivity index (χ0) is 30.3. The van der Waals surface area contributed by atoms with Crippen LogP contribution in [0.2, 0.25) is 5.02 Å². The average molecular weight is 613 g/mol. The molecule has 0 fully saturated rings. The summed E-state index contributed by atoms with van der Waals surface area (Å²) in [7, 11) is -3.57. The fourth-order valence-electron chi connectivity index (χ4n) is 5.17. The second kappa shape index (κ2) is 14.4. The van der Waals surface area contributed by atoms with Crippen LogP contribution in [0.1, 0.15) is 37.0 Å². The molecule has 0 aromatic heterocycles. The van der Waals surface area contributed by atoms with Crippen LogP contribution in [0.3, 0.4) is 0 Å². The van der Waals surface area contributed by atoms with Gasteiger partial charge in [-0.3, -0.25) is 14.0 Å². The van der Waals surface area contributed by atoms with E-state index in [-0.39, 0.29) is 18.5 Å². The summed E-state index contributed by atoms with van der Waals surface area (Å²) in [5.74, 6) is 0.559. The molecule has 1 aliphatic heterocycles. The summed E-state index contributed by atoms with van der Waals surface area (Å²) in [6.07, 6.45) is 2.22. The Morgan fingerprint density at radius 2 is 1.67 bits per heavy atom. The number of sulfonamides is 1. The second-order valence-corrected chi connectivity index (χ2v) is 13.4. The molecule has 0 aliphatic carbocycles. The number of amides is 1. The predicted octanol–water partition coefficient (Wildman–Crippen LogP) is 4.70. The van der Waals surface area contributed by atoms with Gasteiger partial charge in [0.2, 0.25) is 15.9 Å². The van der Waals surface area contributed by atoms with Crippen molar-refractivity contribution < 1.29 is 17.9 Å². The minimum absolute atomic E-state index is 0.186. The Bertz CT molecular complexity index is 1430. The molecule has 10 heteroatoms. The number of hydrogen-bond donors (Lipinski definition) is 1. The molecule has 3 aromatic carbocycles. The molecule has 8 nitrogen and oxygen atoms in total. The predicted molar refractivity (Wildman–Crippen MR) is 169 cm³/mol. The van der Waals surface area contributed by atoms with Crippen LogP contribution in [-0.4, -0.2) is 68.6 Å². The Hall–Kier alpha value is -3.11. The van der Waals surface area contributed by atoms with Gasteiger partial charge < -0.3 is 15.4 Å². The topological polar surface area (TPSA) is 96.2 Å². The van der Waals surface area contributed by atoms with Crippen molar-refractivity contribution in [2.75, 3.05) is 36.7 Å². The lowest BCUT2D eigenvalue weighted by molar-refractivity contribution is -0.133. The van der Waals surface area contributed by atoms with Crippen molar-refractivity contribution in [2.24, 2.45) is 5.73 Å². The standard InChI is InChI=1S/C32H41ClN4O4S/c1-24(2)35-16-7-17-37(42(3,39)40)31-21-28(33)13-12-27(31)22-36(19-18-35)32(38)30(34)20-25-10-14-29(15-11-25)41-23-26-8-5-4-6-9-26/h4-6,8-15,21,24,30H,7,16-20,22-23,34H2,1-3H3/t30-/m0/s1. The highest BCUT2D eigenvalue weighted by molar-refractivity contribution is 7.92. The van der Waals surface area contributed by atoms with Crippen molar-refractivity contribution in [3.05, 3.63) is 94.5 Å². The lowest BCUT2D eigenvalue weighted by Gasteiger charge is -2.31. The third-order valence-electron chi connectivity index (χ3n) is 7.53. The van der Waals surface area contributed by atoms with E-state index in [0.29, 0.717) is 61.9 Å². The number of nitrogens with zero attached hydrogens (tertiary/aromatic N) is 3. The van der Waals surface area contributed by atoms with E-state index in [1.165, 1.54) is 10.6 Å². The van der Waals surface area contributed by atoms with E-state index < -0.39 is 16.1 Å². The van der Waals surface area contributed by atoms with Gasteiger partial charge in [-0.2, -0.15) is 0 Å². The number of fused-ring (bicyclic) bond motifs is 1. The Labute approximate surface area is 255 Å². The molecular weight excluding hydrogens is 572 g/mol. The van der Waals surface area contributed by atoms with E-state index in [2.05, 4.69) is 18.7 Å². The van der Waals surface area contributed by atoms with E-state index in [4.69, 9.17) is 22.1 Å². The first-order chi connectivity index (χ1) is 20.0. The molecule has 0 saturated carbocycles. The first-order valence-corrected chi connectivity index (χ1v) is 16.5. The zero-order valence-corrected chi connectivity index (χ0v) is 26.2. The summed E-state index contributed by atoms with van der Waals surface area (Å²) in [6.45, 7) is 7.07. The zero-order valence-electron chi connectivity index (χ0n) is 24.6. The maximum atomic E-state index is 13.8. The number of anilines is 1. The molecule has 0 spiro atoms. The van der Waals surface area contributed by atoms with E-state index in [9.17, 15) is 13.2 Å². The van der Waals surface area contributed by atoms with Crippen LogP contribution >= 0.6 is 11.6 Å². The Morgan fingerprint density at radius 1 is 0.952 bits per heavy atom. The molecule has 1 amide bonds. The highest BCUT2D eigenvalue weighted by atomic mass is 35.5. The van der Waals surface area contributed by atoms with Crippen LogP contribution in [0, 0.1) is 0 Å². The van der Waals surface area contributed by atoms with Crippen molar-refractivity contribution in [2.45, 2.75) is 51.9 Å². The smallest absolute Gasteiger partial charge is 0.240 e. The summed E-state index contributed by atoms with van der Waals surface area (Å²) < 4.78 is 33.0. The summed E-state index contributed by atoms with van der Waals surface area (Å²) in [4.78, 5) is 17.8. The number of hydrogen-bond acceptors (Lipinski definition) is 6. The van der Waals surface area contributed by atoms with Gasteiger partial charge in [-0.15, -0.1) is 0 Å². The molecule has 4 rings (SSSR count). The van der Waals surface area contributed by atoms with Gasteiger partial charge in [0.25, 0.3) is 0 Å². The lowest BCUT2D eigenvalue weighted by Crippen LogP contribution is -2.48. The minimum atomic E-state index is -3.57. The molecule has 226 valence electrons. The molecule has 1 heterocycles. The monoisotopic (exact) mass is 612 g/mol. The van der Waals surface area contributed by atoms with E-state index in [1.807, 2.05) is 54.6 Å². The van der Waals surface area contributed by atoms with E-state index in [1.54, 1.807) is 23.1 Å². The molecule has 1 aliphatic rings. The number of carbonyl (C=O) groups is 1. The van der Waals surface area contributed by atoms with Crippen molar-refractivity contribution in [1.82, 2.24) is 9.80 Å². The summed E-state index contributed by atoms with van der Waals surface area (Å²) in [5, 5.41) is 0.437. The van der Waals surface area contributed by atoms with Crippen LogP contribution in [0.25, 0.3) is 0 Å². The molecule has 1 atom stereocenters. The van der Waals surface area contributed by atoms with Crippen molar-refractivity contribution in [3.8, 4) is 5.75 Å². The van der Waals surface area contributed by atoms with Gasteiger partial charge in [-0.05, 0) is 67.6 Å². The van der Waals surface area contributed by atoms with Gasteiger partial charge in [0.05, 0.1) is 18.0 Å². The van der Waals surface area contributed by atoms with Crippen LogP contribution in [-0.2, 0) is 34.4 Å². The first-order valence-electron chi connectivity index (χ1n) is 14.3. The van der Waals surface area contributed by atoms with Gasteiger partial charge in [0.1, 0.15) is 12.4 Å². The SMILES string of the molecule is CC(C)N1CCCN(S(C)(=O)=O)c2cc(Cl)ccc2CN(C(=O)[C@@H](N)Cc2ccc(OCc3ccccc3)cc2)CC1. The Balaban J connectivity index is 1.52. The van der Waals surface area contributed by atoms with Crippen molar-refractivity contribution in [1.29, 1.82) is 0 Å². The maximum Gasteiger partial charge on any atom is 0.240 e. The largest absolute Gasteiger partial charge is 0.489 e. The number of rotatable bonds is 8. The van der Waals surface area contributed by atoms with Crippen molar-refractivity contribution in [3.63, 3.8) is 0 Å². The minimum Gasteiger partial charge on any atom is -0.489 e. The maximum absolute atomic E-state index is 13.8. The molecule has 2 N–H and O–H groups in total. The van der Waals surface area contributed by atoms with Crippen LogP contribution < -0.4 is 14.8 Å². The average Bonchev–Trinajstić information content (AvgIpc) is 2.99. The molecule has 0 unspecified atom stereocenters. The van der Waals surface area contributed by atoms with E-state index in [0.717, 1.165) is 16.9 Å². The third-order valence-corrected chi connectivity index (χ3v) is 8.94. The van der Waals surface area contributed by atoms with E-state index >= 15 is 0 Å². The third kappa shape index (κ3) is 8.70. The van der Waals surface area contributed by atoms with Crippen molar-refractivity contribution >= 4 is 33.2 Å². The quantitative estimate of drug-likeness (QED) is 0.396. The Kier molecular flexibility index (Phi) is 10.9. The molecule has 3 aromatic rings. The normalized spacial score (nSPS) is 16.0. The number of carbonyl (C=O) groups excluding carboxylic acids is 1. The number of nitrogens with two attached hydrogens (primary N) is 1.